The van der Waals surface area contributed by atoms with Crippen molar-refractivity contribution in [1.82, 2.24) is 14.8 Å². The monoisotopic (exact) mass is 463 g/mol. The van der Waals surface area contributed by atoms with Crippen LogP contribution >= 0.6 is 0 Å². The maximum Gasteiger partial charge on any atom is 0.410 e. The molecule has 180 valence electrons. The Bertz CT molecular complexity index is 1180. The number of rotatable bonds is 6. The summed E-state index contributed by atoms with van der Waals surface area (Å²) in [6, 6.07) is 17.3. The molecule has 0 bridgehead atoms. The second kappa shape index (κ2) is 10.3. The van der Waals surface area contributed by atoms with Gasteiger partial charge < -0.3 is 19.4 Å². The summed E-state index contributed by atoms with van der Waals surface area (Å²) < 4.78 is 11.8. The average Bonchev–Trinajstić information content (AvgIpc) is 2.83. The first-order chi connectivity index (χ1) is 16.3. The van der Waals surface area contributed by atoms with Gasteiger partial charge in [-0.1, -0.05) is 48.5 Å². The highest BCUT2D eigenvalue weighted by Crippen LogP contribution is 2.33. The van der Waals surface area contributed by atoms with E-state index in [-0.39, 0.29) is 11.7 Å². The van der Waals surface area contributed by atoms with E-state index in [4.69, 9.17) is 9.47 Å². The molecule has 1 aliphatic rings. The fourth-order valence-electron chi connectivity index (χ4n) is 4.15. The fraction of sp³-hybridized carbons (Fsp3) is 0.407. The van der Waals surface area contributed by atoms with Gasteiger partial charge in [0.05, 0.1) is 17.7 Å². The number of hydrogen-bond acceptors (Lipinski definition) is 5. The fourth-order valence-corrected chi connectivity index (χ4v) is 4.15. The predicted molar refractivity (Wildman–Crippen MR) is 134 cm³/mol. The van der Waals surface area contributed by atoms with Crippen LogP contribution in [-0.2, 0) is 4.74 Å². The van der Waals surface area contributed by atoms with E-state index in [1.807, 2.05) is 75.4 Å². The molecule has 7 nitrogen and oxygen atoms in total. The molecule has 0 atom stereocenters. The van der Waals surface area contributed by atoms with E-state index in [0.29, 0.717) is 36.5 Å². The lowest BCUT2D eigenvalue weighted by Gasteiger charge is -2.35. The van der Waals surface area contributed by atoms with Gasteiger partial charge in [0.15, 0.2) is 5.75 Å². The summed E-state index contributed by atoms with van der Waals surface area (Å²) in [6.45, 7) is 10.0. The zero-order valence-corrected chi connectivity index (χ0v) is 20.2. The number of pyridine rings is 1. The summed E-state index contributed by atoms with van der Waals surface area (Å²) in [7, 11) is 0. The quantitative estimate of drug-likeness (QED) is 0.544. The van der Waals surface area contributed by atoms with Crippen molar-refractivity contribution in [2.75, 3.05) is 39.3 Å². The van der Waals surface area contributed by atoms with Crippen LogP contribution in [0.4, 0.5) is 4.79 Å². The topological polar surface area (TPSA) is 74.9 Å². The van der Waals surface area contributed by atoms with E-state index >= 15 is 0 Å². The van der Waals surface area contributed by atoms with Gasteiger partial charge in [0.2, 0.25) is 0 Å². The maximum atomic E-state index is 12.7. The van der Waals surface area contributed by atoms with Crippen molar-refractivity contribution in [2.45, 2.75) is 32.8 Å². The first-order valence-electron chi connectivity index (χ1n) is 11.9. The second-order valence-electron chi connectivity index (χ2n) is 9.58. The number of fused-ring (bicyclic) bond motifs is 1. The molecule has 0 radical (unpaired) electrons. The van der Waals surface area contributed by atoms with E-state index in [0.717, 1.165) is 37.0 Å². The first-order valence-corrected chi connectivity index (χ1v) is 11.9. The maximum absolute atomic E-state index is 12.7. The molecule has 1 fully saturated rings. The van der Waals surface area contributed by atoms with Crippen LogP contribution in [0.5, 0.6) is 5.75 Å². The summed E-state index contributed by atoms with van der Waals surface area (Å²) in [5, 5.41) is 1.44. The molecule has 1 saturated heterocycles. The van der Waals surface area contributed by atoms with E-state index in [1.165, 1.54) is 0 Å². The van der Waals surface area contributed by atoms with Gasteiger partial charge in [-0.3, -0.25) is 9.69 Å². The number of H-pyrrole nitrogens is 1. The Morgan fingerprint density at radius 2 is 1.59 bits per heavy atom. The standard InChI is InChI=1S/C27H33N3O4/c1-27(2,3)34-26(32)30-17-15-29(16-18-30)14-9-19-33-24-21-12-7-8-13-22(21)25(31)28-23(24)20-10-5-4-6-11-20/h4-8,10-13H,9,14-19H2,1-3H3,(H,28,31). The summed E-state index contributed by atoms with van der Waals surface area (Å²) in [5.74, 6) is 0.705. The number of amides is 1. The summed E-state index contributed by atoms with van der Waals surface area (Å²) in [6.07, 6.45) is 0.600. The van der Waals surface area contributed by atoms with Crippen molar-refractivity contribution >= 4 is 16.9 Å². The molecule has 0 aliphatic carbocycles. The van der Waals surface area contributed by atoms with Gasteiger partial charge in [0.25, 0.3) is 5.56 Å². The zero-order valence-electron chi connectivity index (χ0n) is 20.2. The minimum Gasteiger partial charge on any atom is -0.491 e. The molecule has 1 N–H and O–H groups in total. The molecular formula is C27H33N3O4. The van der Waals surface area contributed by atoms with Crippen LogP contribution < -0.4 is 10.3 Å². The van der Waals surface area contributed by atoms with Crippen LogP contribution in [0.3, 0.4) is 0 Å². The van der Waals surface area contributed by atoms with Gasteiger partial charge >= 0.3 is 6.09 Å². The molecular weight excluding hydrogens is 430 g/mol. The zero-order chi connectivity index (χ0) is 24.1. The van der Waals surface area contributed by atoms with Crippen LogP contribution in [0.2, 0.25) is 0 Å². The number of benzene rings is 2. The number of nitrogens with zero attached hydrogens (tertiary/aromatic N) is 2. The Labute approximate surface area is 200 Å². The van der Waals surface area contributed by atoms with Gasteiger partial charge in [-0.05, 0) is 33.3 Å². The number of aromatic nitrogens is 1. The number of ether oxygens (including phenoxy) is 2. The van der Waals surface area contributed by atoms with Crippen LogP contribution in [0.25, 0.3) is 22.0 Å². The third kappa shape index (κ3) is 5.78. The number of carbonyl (C=O) groups excluding carboxylic acids is 1. The summed E-state index contributed by atoms with van der Waals surface area (Å²) in [4.78, 5) is 32.0. The third-order valence-electron chi connectivity index (χ3n) is 5.83. The van der Waals surface area contributed by atoms with Crippen LogP contribution in [-0.4, -0.2) is 65.8 Å². The molecule has 1 amide bonds. The number of hydrogen-bond donors (Lipinski definition) is 1. The molecule has 2 aromatic carbocycles. The van der Waals surface area contributed by atoms with Crippen molar-refractivity contribution in [3.63, 3.8) is 0 Å². The third-order valence-corrected chi connectivity index (χ3v) is 5.83. The lowest BCUT2D eigenvalue weighted by molar-refractivity contribution is 0.0142. The Morgan fingerprint density at radius 1 is 0.941 bits per heavy atom. The summed E-state index contributed by atoms with van der Waals surface area (Å²) in [5.41, 5.74) is 1.02. The van der Waals surface area contributed by atoms with Crippen molar-refractivity contribution < 1.29 is 14.3 Å². The Hall–Kier alpha value is -3.32. The lowest BCUT2D eigenvalue weighted by atomic mass is 10.1. The highest BCUT2D eigenvalue weighted by atomic mass is 16.6. The highest BCUT2D eigenvalue weighted by Gasteiger charge is 2.25. The number of piperazine rings is 1. The predicted octanol–water partition coefficient (Wildman–Crippen LogP) is 4.52. The number of aromatic amines is 1. The molecule has 2 heterocycles. The molecule has 1 aromatic heterocycles. The number of carbonyl (C=O) groups is 1. The summed E-state index contributed by atoms with van der Waals surface area (Å²) >= 11 is 0. The SMILES string of the molecule is CC(C)(C)OC(=O)N1CCN(CCCOc2c(-c3ccccc3)[nH]c(=O)c3ccccc23)CC1. The van der Waals surface area contributed by atoms with Gasteiger partial charge in [-0.25, -0.2) is 4.79 Å². The van der Waals surface area contributed by atoms with Crippen LogP contribution in [0.15, 0.2) is 59.4 Å². The Balaban J connectivity index is 1.37. The Kier molecular flexibility index (Phi) is 7.22. The highest BCUT2D eigenvalue weighted by molar-refractivity contribution is 5.92. The van der Waals surface area contributed by atoms with Crippen LogP contribution in [0.1, 0.15) is 27.2 Å². The van der Waals surface area contributed by atoms with E-state index in [2.05, 4.69) is 9.88 Å². The lowest BCUT2D eigenvalue weighted by Crippen LogP contribution is -2.50. The molecule has 1 aliphatic heterocycles. The van der Waals surface area contributed by atoms with E-state index < -0.39 is 5.60 Å². The first kappa shape index (κ1) is 23.8. The minimum absolute atomic E-state index is 0.121. The van der Waals surface area contributed by atoms with Gasteiger partial charge in [-0.2, -0.15) is 0 Å². The second-order valence-corrected chi connectivity index (χ2v) is 9.58. The van der Waals surface area contributed by atoms with Crippen LogP contribution in [0, 0.1) is 0 Å². The molecule has 7 heteroatoms. The van der Waals surface area contributed by atoms with E-state index in [1.54, 1.807) is 4.90 Å². The van der Waals surface area contributed by atoms with Gasteiger partial charge in [0, 0.05) is 43.7 Å². The van der Waals surface area contributed by atoms with Crippen molar-refractivity contribution in [2.24, 2.45) is 0 Å². The molecule has 34 heavy (non-hydrogen) atoms. The Morgan fingerprint density at radius 3 is 2.26 bits per heavy atom. The van der Waals surface area contributed by atoms with Gasteiger partial charge in [-0.15, -0.1) is 0 Å². The van der Waals surface area contributed by atoms with Crippen molar-refractivity contribution in [1.29, 1.82) is 0 Å². The average molecular weight is 464 g/mol. The molecule has 3 aromatic rings. The normalized spacial score (nSPS) is 14.9. The van der Waals surface area contributed by atoms with Crippen molar-refractivity contribution in [3.05, 3.63) is 65.0 Å². The van der Waals surface area contributed by atoms with Gasteiger partial charge in [0.1, 0.15) is 5.60 Å². The smallest absolute Gasteiger partial charge is 0.410 e. The minimum atomic E-state index is -0.476. The molecule has 4 rings (SSSR count). The van der Waals surface area contributed by atoms with E-state index in [9.17, 15) is 9.59 Å². The largest absolute Gasteiger partial charge is 0.491 e. The molecule has 0 unspecified atom stereocenters. The molecule has 0 spiro atoms. The van der Waals surface area contributed by atoms with Crippen molar-refractivity contribution in [3.8, 4) is 17.0 Å². The molecule has 0 saturated carbocycles. The number of nitrogens with one attached hydrogen (secondary N) is 1.